The van der Waals surface area contributed by atoms with E-state index in [9.17, 15) is 9.59 Å². The topological polar surface area (TPSA) is 52.7 Å². The second-order valence-corrected chi connectivity index (χ2v) is 6.30. The summed E-state index contributed by atoms with van der Waals surface area (Å²) in [5, 5.41) is 3.35. The van der Waals surface area contributed by atoms with E-state index in [1.54, 1.807) is 23.9 Å². The molecule has 0 radical (unpaired) electrons. The predicted octanol–water partition coefficient (Wildman–Crippen LogP) is 2.45. The van der Waals surface area contributed by atoms with Gasteiger partial charge in [-0.15, -0.1) is 0 Å². The number of carbonyl (C=O) groups excluding carboxylic acids is 2. The maximum Gasteiger partial charge on any atom is 0.255 e. The monoisotopic (exact) mass is 317 g/mol. The van der Waals surface area contributed by atoms with Crippen LogP contribution in [0.15, 0.2) is 24.3 Å². The van der Waals surface area contributed by atoms with Crippen LogP contribution < -0.4 is 5.32 Å². The minimum absolute atomic E-state index is 0.0126. The Labute approximate surface area is 138 Å². The fraction of sp³-hybridized carbons (Fsp3) is 0.556. The summed E-state index contributed by atoms with van der Waals surface area (Å²) in [5.41, 5.74) is 1.58. The summed E-state index contributed by atoms with van der Waals surface area (Å²) in [4.78, 5) is 28.3. The van der Waals surface area contributed by atoms with E-state index in [2.05, 4.69) is 12.2 Å². The van der Waals surface area contributed by atoms with E-state index < -0.39 is 0 Å². The second-order valence-electron chi connectivity index (χ2n) is 6.30. The van der Waals surface area contributed by atoms with Crippen LogP contribution in [0.1, 0.15) is 36.5 Å². The Bertz CT molecular complexity index is 557. The molecule has 23 heavy (non-hydrogen) atoms. The quantitative estimate of drug-likeness (QED) is 0.820. The lowest BCUT2D eigenvalue weighted by molar-refractivity contribution is -0.132. The number of amides is 2. The van der Waals surface area contributed by atoms with Crippen LogP contribution in [0.2, 0.25) is 0 Å². The maximum absolute atomic E-state index is 12.8. The number of likely N-dealkylation sites (tertiary alicyclic amines) is 1. The van der Waals surface area contributed by atoms with E-state index in [-0.39, 0.29) is 17.7 Å². The average Bonchev–Trinajstić information content (AvgIpc) is 3.04. The fourth-order valence-corrected chi connectivity index (χ4v) is 2.91. The van der Waals surface area contributed by atoms with Crippen molar-refractivity contribution in [2.75, 3.05) is 39.0 Å². The van der Waals surface area contributed by atoms with Crippen molar-refractivity contribution in [2.24, 2.45) is 5.92 Å². The molecule has 1 saturated heterocycles. The van der Waals surface area contributed by atoms with Gasteiger partial charge < -0.3 is 15.1 Å². The number of hydrogen-bond donors (Lipinski definition) is 1. The van der Waals surface area contributed by atoms with Crippen molar-refractivity contribution in [2.45, 2.75) is 26.2 Å². The molecule has 2 rings (SSSR count). The first kappa shape index (κ1) is 17.3. The molecule has 1 atom stereocenters. The van der Waals surface area contributed by atoms with Gasteiger partial charge in [0.15, 0.2) is 0 Å². The zero-order chi connectivity index (χ0) is 16.8. The lowest BCUT2D eigenvalue weighted by Crippen LogP contribution is -2.34. The van der Waals surface area contributed by atoms with Crippen molar-refractivity contribution < 1.29 is 9.59 Å². The van der Waals surface area contributed by atoms with Crippen LogP contribution in [0.3, 0.4) is 0 Å². The van der Waals surface area contributed by atoms with Gasteiger partial charge in [-0.05, 0) is 25.0 Å². The zero-order valence-corrected chi connectivity index (χ0v) is 14.3. The number of nitrogens with one attached hydrogen (secondary N) is 1. The van der Waals surface area contributed by atoms with Crippen molar-refractivity contribution in [3.63, 3.8) is 0 Å². The van der Waals surface area contributed by atoms with E-state index in [1.165, 1.54) is 0 Å². The molecule has 1 heterocycles. The minimum atomic E-state index is -0.0748. The van der Waals surface area contributed by atoms with Gasteiger partial charge in [-0.1, -0.05) is 25.5 Å². The molecular formula is C18H27N3O2. The Balaban J connectivity index is 2.05. The highest BCUT2D eigenvalue weighted by Gasteiger charge is 2.32. The molecule has 0 aliphatic carbocycles. The number of carbonyl (C=O) groups is 2. The van der Waals surface area contributed by atoms with E-state index in [1.807, 2.05) is 24.3 Å². The molecule has 1 aromatic rings. The third kappa shape index (κ3) is 4.24. The average molecular weight is 317 g/mol. The first-order valence-corrected chi connectivity index (χ1v) is 8.38. The highest BCUT2D eigenvalue weighted by Crippen LogP contribution is 2.23. The van der Waals surface area contributed by atoms with Crippen molar-refractivity contribution in [1.29, 1.82) is 0 Å². The Kier molecular flexibility index (Phi) is 6.02. The Morgan fingerprint density at radius 1 is 1.30 bits per heavy atom. The molecule has 5 nitrogen and oxygen atoms in total. The SMILES string of the molecule is CCCCNc1ccccc1C(=O)N1CC[C@@H](C(=O)N(C)C)C1. The van der Waals surface area contributed by atoms with Gasteiger partial charge in [-0.2, -0.15) is 0 Å². The van der Waals surface area contributed by atoms with Gasteiger partial charge in [-0.25, -0.2) is 0 Å². The third-order valence-electron chi connectivity index (χ3n) is 4.27. The normalized spacial score (nSPS) is 17.2. The van der Waals surface area contributed by atoms with Crippen molar-refractivity contribution in [1.82, 2.24) is 9.80 Å². The molecule has 1 aliphatic rings. The molecule has 126 valence electrons. The maximum atomic E-state index is 12.8. The number of unbranched alkanes of at least 4 members (excludes halogenated alkanes) is 1. The molecule has 1 aromatic carbocycles. The number of nitrogens with zero attached hydrogens (tertiary/aromatic N) is 2. The van der Waals surface area contributed by atoms with Gasteiger partial charge in [-0.3, -0.25) is 9.59 Å². The molecule has 0 unspecified atom stereocenters. The van der Waals surface area contributed by atoms with Gasteiger partial charge in [0, 0.05) is 39.4 Å². The molecule has 0 spiro atoms. The number of hydrogen-bond acceptors (Lipinski definition) is 3. The molecule has 0 saturated carbocycles. The summed E-state index contributed by atoms with van der Waals surface area (Å²) >= 11 is 0. The summed E-state index contributed by atoms with van der Waals surface area (Å²) < 4.78 is 0. The van der Waals surface area contributed by atoms with Gasteiger partial charge in [0.1, 0.15) is 0 Å². The Morgan fingerprint density at radius 3 is 2.74 bits per heavy atom. The Hall–Kier alpha value is -2.04. The first-order chi connectivity index (χ1) is 11.0. The van der Waals surface area contributed by atoms with Gasteiger partial charge in [0.2, 0.25) is 5.91 Å². The second kappa shape index (κ2) is 7.99. The van der Waals surface area contributed by atoms with Crippen molar-refractivity contribution >= 4 is 17.5 Å². The molecule has 2 amide bonds. The first-order valence-electron chi connectivity index (χ1n) is 8.38. The number of benzene rings is 1. The smallest absolute Gasteiger partial charge is 0.255 e. The van der Waals surface area contributed by atoms with E-state index in [0.29, 0.717) is 18.7 Å². The standard InChI is InChI=1S/C18H27N3O2/c1-4-5-11-19-16-9-7-6-8-15(16)18(23)21-12-10-14(13-21)17(22)20(2)3/h6-9,14,19H,4-5,10-13H2,1-3H3/t14-/m1/s1. The zero-order valence-electron chi connectivity index (χ0n) is 14.3. The van der Waals surface area contributed by atoms with Crippen LogP contribution in [0.4, 0.5) is 5.69 Å². The van der Waals surface area contributed by atoms with Crippen LogP contribution in [-0.4, -0.2) is 55.3 Å². The Morgan fingerprint density at radius 2 is 2.04 bits per heavy atom. The summed E-state index contributed by atoms with van der Waals surface area (Å²) in [6, 6.07) is 7.63. The summed E-state index contributed by atoms with van der Waals surface area (Å²) in [7, 11) is 3.53. The van der Waals surface area contributed by atoms with E-state index in [0.717, 1.165) is 31.5 Å². The van der Waals surface area contributed by atoms with Crippen LogP contribution in [0.25, 0.3) is 0 Å². The summed E-state index contributed by atoms with van der Waals surface area (Å²) in [6.45, 7) is 4.17. The van der Waals surface area contributed by atoms with Crippen LogP contribution >= 0.6 is 0 Å². The number of anilines is 1. The summed E-state index contributed by atoms with van der Waals surface area (Å²) in [5.74, 6) is 0.0440. The van der Waals surface area contributed by atoms with E-state index in [4.69, 9.17) is 0 Å². The molecule has 1 aliphatic heterocycles. The van der Waals surface area contributed by atoms with Crippen LogP contribution in [-0.2, 0) is 4.79 Å². The third-order valence-corrected chi connectivity index (χ3v) is 4.27. The molecule has 0 bridgehead atoms. The molecular weight excluding hydrogens is 290 g/mol. The molecule has 1 fully saturated rings. The lowest BCUT2D eigenvalue weighted by Gasteiger charge is -2.20. The van der Waals surface area contributed by atoms with Crippen molar-refractivity contribution in [3.8, 4) is 0 Å². The van der Waals surface area contributed by atoms with Gasteiger partial charge in [0.25, 0.3) is 5.91 Å². The van der Waals surface area contributed by atoms with Gasteiger partial charge >= 0.3 is 0 Å². The van der Waals surface area contributed by atoms with E-state index >= 15 is 0 Å². The summed E-state index contributed by atoms with van der Waals surface area (Å²) in [6.07, 6.45) is 2.93. The molecule has 0 aromatic heterocycles. The van der Waals surface area contributed by atoms with Crippen LogP contribution in [0.5, 0.6) is 0 Å². The molecule has 5 heteroatoms. The largest absolute Gasteiger partial charge is 0.384 e. The predicted molar refractivity (Wildman–Crippen MR) is 92.5 cm³/mol. The highest BCUT2D eigenvalue weighted by molar-refractivity contribution is 6.00. The molecule has 1 N–H and O–H groups in total. The number of para-hydroxylation sites is 1. The van der Waals surface area contributed by atoms with Crippen molar-refractivity contribution in [3.05, 3.63) is 29.8 Å². The minimum Gasteiger partial charge on any atom is -0.384 e. The highest BCUT2D eigenvalue weighted by atomic mass is 16.2. The van der Waals surface area contributed by atoms with Crippen LogP contribution in [0, 0.1) is 5.92 Å². The fourth-order valence-electron chi connectivity index (χ4n) is 2.91. The van der Waals surface area contributed by atoms with Gasteiger partial charge in [0.05, 0.1) is 11.5 Å². The number of rotatable bonds is 6. The lowest BCUT2D eigenvalue weighted by atomic mass is 10.1.